The van der Waals surface area contributed by atoms with Gasteiger partial charge >= 0.3 is 0 Å². The Morgan fingerprint density at radius 2 is 0.632 bits per heavy atom. The zero-order valence-electron chi connectivity index (χ0n) is 30.0. The number of hydrogen-bond donors (Lipinski definition) is 0. The van der Waals surface area contributed by atoms with E-state index in [1.165, 1.54) is 34.6 Å². The van der Waals surface area contributed by atoms with Crippen LogP contribution in [0.25, 0.3) is 100 Å². The summed E-state index contributed by atoms with van der Waals surface area (Å²) in [6.45, 7) is 5.59. The van der Waals surface area contributed by atoms with E-state index < -0.39 is 0 Å². The smallest absolute Gasteiger partial charge is 0.258 e. The molecule has 0 atom stereocenters. The standard InChI is InChI=1S/C39H24N12O3S3/c1-19-40-37(55-49-19)25-10-4-7-22(13-25)34-43-31(46-52-34)28-16-29(32-44-35(53-47-32)23-8-5-11-26(14-23)38-41-20(2)50-56-38)18-30(17-28)33-45-36(54-48-33)24-9-6-12-27(15-24)39-42-21(3)51-57-39/h4-18H,1-3H3. The van der Waals surface area contributed by atoms with Gasteiger partial charge in [0.05, 0.1) is 0 Å². The average Bonchev–Trinajstić information content (AvgIpc) is 4.10. The summed E-state index contributed by atoms with van der Waals surface area (Å²) < 4.78 is 30.4. The second kappa shape index (κ2) is 14.2. The number of aromatic nitrogens is 12. The van der Waals surface area contributed by atoms with Crippen molar-refractivity contribution in [3.05, 3.63) is 108 Å². The molecule has 276 valence electrons. The molecule has 0 fully saturated rings. The topological polar surface area (TPSA) is 194 Å². The van der Waals surface area contributed by atoms with Crippen molar-refractivity contribution in [1.82, 2.24) is 58.5 Å². The van der Waals surface area contributed by atoms with Gasteiger partial charge in [0, 0.05) is 50.1 Å². The number of benzene rings is 4. The summed E-state index contributed by atoms with van der Waals surface area (Å²) in [6.07, 6.45) is 0. The van der Waals surface area contributed by atoms with Gasteiger partial charge in [0.25, 0.3) is 17.7 Å². The highest BCUT2D eigenvalue weighted by Crippen LogP contribution is 2.35. The van der Waals surface area contributed by atoms with Gasteiger partial charge in [-0.2, -0.15) is 28.1 Å². The molecule has 0 N–H and O–H groups in total. The van der Waals surface area contributed by atoms with E-state index in [1.807, 2.05) is 112 Å². The number of rotatable bonds is 9. The molecule has 0 saturated carbocycles. The van der Waals surface area contributed by atoms with E-state index in [-0.39, 0.29) is 0 Å². The Kier molecular flexibility index (Phi) is 8.61. The van der Waals surface area contributed by atoms with Crippen LogP contribution in [0.2, 0.25) is 0 Å². The molecule has 0 bridgehead atoms. The molecule has 18 heteroatoms. The molecule has 6 aromatic heterocycles. The molecule has 10 rings (SSSR count). The lowest BCUT2D eigenvalue weighted by molar-refractivity contribution is 0.432. The van der Waals surface area contributed by atoms with Crippen molar-refractivity contribution in [1.29, 1.82) is 0 Å². The molecule has 4 aromatic carbocycles. The SMILES string of the molecule is Cc1nsc(-c2cccc(-c3nc(-c4cc(-c5noc(-c6cccc(-c7nc(C)ns7)c6)n5)cc(-c5noc(-c6cccc(-c7nc(C)ns7)c6)n5)c4)no3)c2)n1. The van der Waals surface area contributed by atoms with Gasteiger partial charge in [-0.3, -0.25) is 0 Å². The van der Waals surface area contributed by atoms with Crippen LogP contribution < -0.4 is 0 Å². The fourth-order valence-corrected chi connectivity index (χ4v) is 7.98. The maximum atomic E-state index is 5.80. The highest BCUT2D eigenvalue weighted by molar-refractivity contribution is 7.09. The predicted octanol–water partition coefficient (Wildman–Crippen LogP) is 9.32. The van der Waals surface area contributed by atoms with Crippen molar-refractivity contribution in [3.8, 4) is 100 Å². The summed E-state index contributed by atoms with van der Waals surface area (Å²) in [5, 5.41) is 15.5. The van der Waals surface area contributed by atoms with Crippen molar-refractivity contribution in [2.75, 3.05) is 0 Å². The van der Waals surface area contributed by atoms with Crippen LogP contribution in [0.4, 0.5) is 0 Å². The minimum absolute atomic E-state index is 0.331. The molecule has 0 saturated heterocycles. The molecule has 0 radical (unpaired) electrons. The lowest BCUT2D eigenvalue weighted by Gasteiger charge is -2.03. The van der Waals surface area contributed by atoms with E-state index >= 15 is 0 Å². The lowest BCUT2D eigenvalue weighted by Crippen LogP contribution is -1.90. The Labute approximate surface area is 334 Å². The third-order valence-corrected chi connectivity index (χ3v) is 11.2. The van der Waals surface area contributed by atoms with E-state index in [2.05, 4.69) is 43.5 Å². The first kappa shape index (κ1) is 34.5. The van der Waals surface area contributed by atoms with Crippen LogP contribution in [0.1, 0.15) is 17.5 Å². The van der Waals surface area contributed by atoms with Crippen LogP contribution in [0, 0.1) is 20.8 Å². The first-order chi connectivity index (χ1) is 27.9. The maximum Gasteiger partial charge on any atom is 0.258 e. The zero-order valence-corrected chi connectivity index (χ0v) is 32.4. The normalized spacial score (nSPS) is 11.4. The molecule has 15 nitrogen and oxygen atoms in total. The van der Waals surface area contributed by atoms with Crippen molar-refractivity contribution in [2.24, 2.45) is 0 Å². The number of aryl methyl sites for hydroxylation is 3. The zero-order chi connectivity index (χ0) is 38.5. The summed E-state index contributed by atoms with van der Waals surface area (Å²) in [4.78, 5) is 27.9. The molecular weight excluding hydrogens is 781 g/mol. The summed E-state index contributed by atoms with van der Waals surface area (Å²) in [5.74, 6) is 4.14. The van der Waals surface area contributed by atoms with Gasteiger partial charge in [0.2, 0.25) is 17.5 Å². The maximum absolute atomic E-state index is 5.80. The molecule has 0 amide bonds. The first-order valence-corrected chi connectivity index (χ1v) is 19.6. The molecule has 0 spiro atoms. The summed E-state index contributed by atoms with van der Waals surface area (Å²) in [5.41, 5.74) is 6.71. The van der Waals surface area contributed by atoms with Crippen LogP contribution in [-0.2, 0) is 0 Å². The van der Waals surface area contributed by atoms with Gasteiger partial charge < -0.3 is 13.6 Å². The molecule has 0 aliphatic carbocycles. The van der Waals surface area contributed by atoms with Crippen LogP contribution in [0.5, 0.6) is 0 Å². The van der Waals surface area contributed by atoms with Crippen LogP contribution in [0.15, 0.2) is 105 Å². The minimum Gasteiger partial charge on any atom is -0.334 e. The van der Waals surface area contributed by atoms with Crippen molar-refractivity contribution >= 4 is 34.6 Å². The van der Waals surface area contributed by atoms with Gasteiger partial charge in [0.15, 0.2) is 0 Å². The van der Waals surface area contributed by atoms with E-state index in [4.69, 9.17) is 28.5 Å². The largest absolute Gasteiger partial charge is 0.334 e. The van der Waals surface area contributed by atoms with E-state index in [0.29, 0.717) is 69.3 Å². The second-order valence-electron chi connectivity index (χ2n) is 12.8. The summed E-state index contributed by atoms with van der Waals surface area (Å²) >= 11 is 4.00. The van der Waals surface area contributed by atoms with Gasteiger partial charge in [0.1, 0.15) is 32.5 Å². The predicted molar refractivity (Wildman–Crippen MR) is 214 cm³/mol. The van der Waals surface area contributed by atoms with E-state index in [9.17, 15) is 0 Å². The minimum atomic E-state index is 0.331. The molecule has 0 unspecified atom stereocenters. The van der Waals surface area contributed by atoms with Crippen molar-refractivity contribution in [3.63, 3.8) is 0 Å². The first-order valence-electron chi connectivity index (χ1n) is 17.3. The lowest BCUT2D eigenvalue weighted by atomic mass is 10.0. The van der Waals surface area contributed by atoms with Crippen LogP contribution in [0.3, 0.4) is 0 Å². The molecule has 0 aliphatic rings. The Morgan fingerprint density at radius 3 is 0.912 bits per heavy atom. The molecule has 10 aromatic rings. The fraction of sp³-hybridized carbons (Fsp3) is 0.0769. The Balaban J connectivity index is 1.03. The Morgan fingerprint density at radius 1 is 0.351 bits per heavy atom. The van der Waals surface area contributed by atoms with Gasteiger partial charge in [-0.15, -0.1) is 0 Å². The number of nitrogens with zero attached hydrogens (tertiary/aromatic N) is 12. The highest BCUT2D eigenvalue weighted by atomic mass is 32.1. The van der Waals surface area contributed by atoms with Gasteiger partial charge in [-0.1, -0.05) is 51.9 Å². The fourth-order valence-electron chi connectivity index (χ4n) is 5.99. The summed E-state index contributed by atoms with van der Waals surface area (Å²) in [6, 6.07) is 28.8. The second-order valence-corrected chi connectivity index (χ2v) is 15.0. The van der Waals surface area contributed by atoms with E-state index in [1.54, 1.807) is 0 Å². The summed E-state index contributed by atoms with van der Waals surface area (Å²) in [7, 11) is 0. The highest BCUT2D eigenvalue weighted by Gasteiger charge is 2.21. The van der Waals surface area contributed by atoms with E-state index in [0.717, 1.165) is 48.4 Å². The van der Waals surface area contributed by atoms with Crippen molar-refractivity contribution in [2.45, 2.75) is 20.8 Å². The monoisotopic (exact) mass is 804 g/mol. The quantitative estimate of drug-likeness (QED) is 0.134. The average molecular weight is 805 g/mol. The number of hydrogen-bond acceptors (Lipinski definition) is 18. The van der Waals surface area contributed by atoms with Crippen LogP contribution in [-0.4, -0.2) is 58.5 Å². The van der Waals surface area contributed by atoms with Crippen LogP contribution >= 0.6 is 34.6 Å². The Hall–Kier alpha value is -7.02. The third kappa shape index (κ3) is 6.92. The Bertz CT molecular complexity index is 2730. The molecule has 6 heterocycles. The van der Waals surface area contributed by atoms with Gasteiger partial charge in [-0.05, 0) is 110 Å². The third-order valence-electron chi connectivity index (χ3n) is 8.64. The molecule has 57 heavy (non-hydrogen) atoms. The van der Waals surface area contributed by atoms with Gasteiger partial charge in [-0.25, -0.2) is 15.0 Å². The van der Waals surface area contributed by atoms with Crippen molar-refractivity contribution < 1.29 is 13.6 Å². The molecular formula is C39H24N12O3S3. The molecule has 0 aliphatic heterocycles.